The zero-order valence-electron chi connectivity index (χ0n) is 6.42. The Kier molecular flexibility index (Phi) is 2.37. The molecule has 1 N–H and O–H groups in total. The van der Waals surface area contributed by atoms with Crippen LogP contribution in [-0.4, -0.2) is 11.6 Å². The molecule has 1 aromatic rings. The Morgan fingerprint density at radius 3 is 2.90 bits per heavy atom. The monoisotopic (exact) mass is 139 g/mol. The fraction of sp³-hybridized carbons (Fsp3) is 0.500. The predicted molar refractivity (Wildman–Crippen MR) is 41.1 cm³/mol. The second kappa shape index (κ2) is 3.30. The Labute approximate surface area is 61.2 Å². The van der Waals surface area contributed by atoms with Crippen LogP contribution in [0.15, 0.2) is 18.5 Å². The molecule has 1 aromatic heterocycles. The summed E-state index contributed by atoms with van der Waals surface area (Å²) in [5, 5.41) is 0. The first kappa shape index (κ1) is 7.19. The van der Waals surface area contributed by atoms with Gasteiger partial charge in [-0.05, 0) is 12.0 Å². The molecular formula is C8H13NO. The van der Waals surface area contributed by atoms with Crippen molar-refractivity contribution in [1.29, 1.82) is 0 Å². The van der Waals surface area contributed by atoms with Gasteiger partial charge >= 0.3 is 0 Å². The molecule has 56 valence electrons. The van der Waals surface area contributed by atoms with Crippen molar-refractivity contribution in [3.63, 3.8) is 0 Å². The van der Waals surface area contributed by atoms with Crippen LogP contribution in [0, 0.1) is 5.92 Å². The number of hydrogen-bond donors (Lipinski definition) is 1. The maximum absolute atomic E-state index is 5.38. The molecule has 0 bridgehead atoms. The van der Waals surface area contributed by atoms with E-state index in [2.05, 4.69) is 18.8 Å². The summed E-state index contributed by atoms with van der Waals surface area (Å²) in [5.41, 5.74) is 0. The highest BCUT2D eigenvalue weighted by Crippen LogP contribution is 2.08. The fourth-order valence-electron chi connectivity index (χ4n) is 0.661. The van der Waals surface area contributed by atoms with Gasteiger partial charge in [0.1, 0.15) is 5.75 Å². The first-order valence-electron chi connectivity index (χ1n) is 3.54. The summed E-state index contributed by atoms with van der Waals surface area (Å²) in [5.74, 6) is 1.52. The van der Waals surface area contributed by atoms with Crippen LogP contribution in [0.1, 0.15) is 13.8 Å². The van der Waals surface area contributed by atoms with Crippen molar-refractivity contribution in [2.75, 3.05) is 6.61 Å². The number of rotatable bonds is 3. The Balaban J connectivity index is 2.28. The molecular weight excluding hydrogens is 126 g/mol. The van der Waals surface area contributed by atoms with Gasteiger partial charge in [-0.2, -0.15) is 0 Å². The van der Waals surface area contributed by atoms with E-state index in [1.807, 2.05) is 18.5 Å². The summed E-state index contributed by atoms with van der Waals surface area (Å²) in [4.78, 5) is 2.93. The van der Waals surface area contributed by atoms with Crippen LogP contribution in [0.4, 0.5) is 0 Å². The molecule has 1 rings (SSSR count). The maximum Gasteiger partial charge on any atom is 0.136 e. The van der Waals surface area contributed by atoms with Gasteiger partial charge in [-0.3, -0.25) is 0 Å². The number of ether oxygens (including phenoxy) is 1. The lowest BCUT2D eigenvalue weighted by Crippen LogP contribution is -2.03. The van der Waals surface area contributed by atoms with Gasteiger partial charge in [-0.15, -0.1) is 0 Å². The second-order valence-electron chi connectivity index (χ2n) is 2.75. The third-order valence-electron chi connectivity index (χ3n) is 1.15. The summed E-state index contributed by atoms with van der Waals surface area (Å²) in [6, 6.07) is 1.92. The van der Waals surface area contributed by atoms with Gasteiger partial charge in [0.15, 0.2) is 0 Å². The van der Waals surface area contributed by atoms with Crippen LogP contribution >= 0.6 is 0 Å². The molecule has 0 fully saturated rings. The van der Waals surface area contributed by atoms with Gasteiger partial charge in [-0.25, -0.2) is 0 Å². The maximum atomic E-state index is 5.38. The van der Waals surface area contributed by atoms with Crippen molar-refractivity contribution in [3.8, 4) is 5.75 Å². The van der Waals surface area contributed by atoms with Crippen LogP contribution in [-0.2, 0) is 0 Å². The molecule has 2 heteroatoms. The van der Waals surface area contributed by atoms with Gasteiger partial charge in [0.25, 0.3) is 0 Å². The molecule has 1 heterocycles. The third-order valence-corrected chi connectivity index (χ3v) is 1.15. The summed E-state index contributed by atoms with van der Waals surface area (Å²) in [6.07, 6.45) is 3.71. The van der Waals surface area contributed by atoms with Crippen molar-refractivity contribution >= 4 is 0 Å². The molecule has 0 aliphatic heterocycles. The number of aromatic nitrogens is 1. The zero-order chi connectivity index (χ0) is 7.40. The molecule has 0 aromatic carbocycles. The van der Waals surface area contributed by atoms with Crippen LogP contribution in [0.25, 0.3) is 0 Å². The first-order valence-corrected chi connectivity index (χ1v) is 3.54. The van der Waals surface area contributed by atoms with Crippen LogP contribution in [0.3, 0.4) is 0 Å². The lowest BCUT2D eigenvalue weighted by Gasteiger charge is -2.04. The van der Waals surface area contributed by atoms with Crippen LogP contribution < -0.4 is 4.74 Å². The zero-order valence-corrected chi connectivity index (χ0v) is 6.42. The second-order valence-corrected chi connectivity index (χ2v) is 2.75. The number of H-pyrrole nitrogens is 1. The van der Waals surface area contributed by atoms with E-state index in [9.17, 15) is 0 Å². The standard InChI is InChI=1S/C8H13NO/c1-7(2)6-10-8-3-4-9-5-8/h3-5,7,9H,6H2,1-2H3. The smallest absolute Gasteiger partial charge is 0.136 e. The highest BCUT2D eigenvalue weighted by Gasteiger charge is 1.94. The summed E-state index contributed by atoms with van der Waals surface area (Å²) in [6.45, 7) is 5.05. The number of hydrogen-bond acceptors (Lipinski definition) is 1. The van der Waals surface area contributed by atoms with Gasteiger partial charge in [0.2, 0.25) is 0 Å². The highest BCUT2D eigenvalue weighted by molar-refractivity contribution is 5.15. The number of nitrogens with one attached hydrogen (secondary N) is 1. The minimum Gasteiger partial charge on any atom is -0.492 e. The average Bonchev–Trinajstić information content (AvgIpc) is 2.34. The number of aromatic amines is 1. The molecule has 0 saturated heterocycles. The molecule has 0 radical (unpaired) electrons. The largest absolute Gasteiger partial charge is 0.492 e. The van der Waals surface area contributed by atoms with E-state index in [1.165, 1.54) is 0 Å². The molecule has 0 aliphatic carbocycles. The summed E-state index contributed by atoms with van der Waals surface area (Å²) >= 11 is 0. The van der Waals surface area contributed by atoms with Crippen molar-refractivity contribution in [1.82, 2.24) is 4.98 Å². The van der Waals surface area contributed by atoms with E-state index >= 15 is 0 Å². The highest BCUT2D eigenvalue weighted by atomic mass is 16.5. The average molecular weight is 139 g/mol. The Morgan fingerprint density at radius 1 is 1.60 bits per heavy atom. The van der Waals surface area contributed by atoms with Crippen molar-refractivity contribution < 1.29 is 4.74 Å². The van der Waals surface area contributed by atoms with E-state index in [0.29, 0.717) is 5.92 Å². The molecule has 0 spiro atoms. The van der Waals surface area contributed by atoms with E-state index in [1.54, 1.807) is 0 Å². The minimum absolute atomic E-state index is 0.592. The Morgan fingerprint density at radius 2 is 2.40 bits per heavy atom. The molecule has 2 nitrogen and oxygen atoms in total. The first-order chi connectivity index (χ1) is 4.79. The van der Waals surface area contributed by atoms with Crippen LogP contribution in [0.2, 0.25) is 0 Å². The lowest BCUT2D eigenvalue weighted by atomic mass is 10.2. The predicted octanol–water partition coefficient (Wildman–Crippen LogP) is 2.05. The quantitative estimate of drug-likeness (QED) is 0.681. The molecule has 0 atom stereocenters. The van der Waals surface area contributed by atoms with Crippen molar-refractivity contribution in [2.24, 2.45) is 5.92 Å². The van der Waals surface area contributed by atoms with Gasteiger partial charge in [0, 0.05) is 12.4 Å². The van der Waals surface area contributed by atoms with Gasteiger partial charge in [0.05, 0.1) is 6.61 Å². The van der Waals surface area contributed by atoms with E-state index in [0.717, 1.165) is 12.4 Å². The molecule has 0 unspecified atom stereocenters. The molecule has 10 heavy (non-hydrogen) atoms. The van der Waals surface area contributed by atoms with Gasteiger partial charge < -0.3 is 9.72 Å². The molecule has 0 saturated carbocycles. The summed E-state index contributed by atoms with van der Waals surface area (Å²) in [7, 11) is 0. The molecule has 0 amide bonds. The topological polar surface area (TPSA) is 25.0 Å². The minimum atomic E-state index is 0.592. The summed E-state index contributed by atoms with van der Waals surface area (Å²) < 4.78 is 5.38. The van der Waals surface area contributed by atoms with E-state index in [4.69, 9.17) is 4.74 Å². The Bertz CT molecular complexity index is 167. The van der Waals surface area contributed by atoms with Crippen LogP contribution in [0.5, 0.6) is 5.75 Å². The van der Waals surface area contributed by atoms with E-state index < -0.39 is 0 Å². The Hall–Kier alpha value is -0.920. The molecule has 0 aliphatic rings. The third kappa shape index (κ3) is 2.13. The normalized spacial score (nSPS) is 10.3. The van der Waals surface area contributed by atoms with Gasteiger partial charge in [-0.1, -0.05) is 13.8 Å². The fourth-order valence-corrected chi connectivity index (χ4v) is 0.661. The van der Waals surface area contributed by atoms with Crippen molar-refractivity contribution in [2.45, 2.75) is 13.8 Å². The SMILES string of the molecule is CC(C)COc1cc[nH]c1. The lowest BCUT2D eigenvalue weighted by molar-refractivity contribution is 0.271. The van der Waals surface area contributed by atoms with Crippen molar-refractivity contribution in [3.05, 3.63) is 18.5 Å². The van der Waals surface area contributed by atoms with E-state index in [-0.39, 0.29) is 0 Å².